The average Bonchev–Trinajstić information content (AvgIpc) is 2.99. The van der Waals surface area contributed by atoms with Gasteiger partial charge in [0, 0.05) is 6.26 Å². The van der Waals surface area contributed by atoms with Crippen molar-refractivity contribution < 1.29 is 13.5 Å². The lowest BCUT2D eigenvalue weighted by molar-refractivity contribution is 0.110. The third-order valence-corrected chi connectivity index (χ3v) is 5.72. The van der Waals surface area contributed by atoms with Crippen LogP contribution in [0, 0.1) is 11.8 Å². The Morgan fingerprint density at radius 1 is 1.25 bits per heavy atom. The van der Waals surface area contributed by atoms with Crippen LogP contribution in [-0.2, 0) is 9.84 Å². The van der Waals surface area contributed by atoms with E-state index in [1.54, 1.807) is 0 Å². The minimum Gasteiger partial charge on any atom is -0.393 e. The Labute approximate surface area is 98.2 Å². The standard InChI is InChI=1S/C12H22O3S/c1-16(14,15)11-4-2-3-9(7-11)8-12(13)10-5-6-10/h9-13H,2-8H2,1H3. The van der Waals surface area contributed by atoms with E-state index in [2.05, 4.69) is 0 Å². The zero-order chi connectivity index (χ0) is 11.8. The Hall–Kier alpha value is -0.0900. The summed E-state index contributed by atoms with van der Waals surface area (Å²) in [5.41, 5.74) is 0. The minimum absolute atomic E-state index is 0.155. The number of rotatable bonds is 4. The molecular weight excluding hydrogens is 224 g/mol. The molecular formula is C12H22O3S. The SMILES string of the molecule is CS(=O)(=O)C1CCCC(CC(O)C2CC2)C1. The smallest absolute Gasteiger partial charge is 0.150 e. The van der Waals surface area contributed by atoms with Gasteiger partial charge in [-0.2, -0.15) is 0 Å². The van der Waals surface area contributed by atoms with Crippen molar-refractivity contribution in [2.24, 2.45) is 11.8 Å². The van der Waals surface area contributed by atoms with Crippen molar-refractivity contribution >= 4 is 9.84 Å². The van der Waals surface area contributed by atoms with E-state index < -0.39 is 9.84 Å². The second kappa shape index (κ2) is 4.65. The largest absolute Gasteiger partial charge is 0.393 e. The molecule has 0 bridgehead atoms. The Balaban J connectivity index is 1.86. The highest BCUT2D eigenvalue weighted by atomic mass is 32.2. The fourth-order valence-electron chi connectivity index (χ4n) is 2.86. The summed E-state index contributed by atoms with van der Waals surface area (Å²) < 4.78 is 23.0. The molecule has 0 aromatic heterocycles. The highest BCUT2D eigenvalue weighted by Crippen LogP contribution is 2.38. The molecule has 0 amide bonds. The van der Waals surface area contributed by atoms with E-state index in [0.29, 0.717) is 11.8 Å². The van der Waals surface area contributed by atoms with E-state index in [-0.39, 0.29) is 11.4 Å². The van der Waals surface area contributed by atoms with Gasteiger partial charge in [0.2, 0.25) is 0 Å². The molecule has 0 saturated heterocycles. The summed E-state index contributed by atoms with van der Waals surface area (Å²) in [6.07, 6.45) is 7.97. The highest BCUT2D eigenvalue weighted by Gasteiger charge is 2.34. The molecule has 0 heterocycles. The van der Waals surface area contributed by atoms with Crippen molar-refractivity contribution in [1.29, 1.82) is 0 Å². The van der Waals surface area contributed by atoms with E-state index in [0.717, 1.165) is 44.9 Å². The van der Waals surface area contributed by atoms with Crippen molar-refractivity contribution in [1.82, 2.24) is 0 Å². The van der Waals surface area contributed by atoms with Gasteiger partial charge in [-0.05, 0) is 43.9 Å². The Morgan fingerprint density at radius 2 is 1.94 bits per heavy atom. The predicted molar refractivity (Wildman–Crippen MR) is 63.9 cm³/mol. The maximum absolute atomic E-state index is 11.5. The Kier molecular flexibility index (Phi) is 3.59. The van der Waals surface area contributed by atoms with Gasteiger partial charge in [-0.1, -0.05) is 12.8 Å². The summed E-state index contributed by atoms with van der Waals surface area (Å²) >= 11 is 0. The fraction of sp³-hybridized carbons (Fsp3) is 1.00. The van der Waals surface area contributed by atoms with Crippen molar-refractivity contribution in [3.8, 4) is 0 Å². The molecule has 2 aliphatic rings. The third kappa shape index (κ3) is 3.20. The number of hydrogen-bond donors (Lipinski definition) is 1. The zero-order valence-electron chi connectivity index (χ0n) is 9.93. The van der Waals surface area contributed by atoms with E-state index >= 15 is 0 Å². The van der Waals surface area contributed by atoms with Crippen LogP contribution >= 0.6 is 0 Å². The van der Waals surface area contributed by atoms with Crippen LogP contribution in [0.15, 0.2) is 0 Å². The van der Waals surface area contributed by atoms with Crippen molar-refractivity contribution in [2.45, 2.75) is 56.3 Å². The number of hydrogen-bond acceptors (Lipinski definition) is 3. The van der Waals surface area contributed by atoms with Crippen molar-refractivity contribution in [3.63, 3.8) is 0 Å². The maximum atomic E-state index is 11.5. The molecule has 2 aliphatic carbocycles. The molecule has 3 nitrogen and oxygen atoms in total. The normalized spacial score (nSPS) is 33.6. The molecule has 0 aromatic carbocycles. The van der Waals surface area contributed by atoms with Gasteiger partial charge in [-0.15, -0.1) is 0 Å². The van der Waals surface area contributed by atoms with Gasteiger partial charge in [-0.3, -0.25) is 0 Å². The Morgan fingerprint density at radius 3 is 2.50 bits per heavy atom. The lowest BCUT2D eigenvalue weighted by atomic mass is 9.84. The first-order valence-corrected chi connectivity index (χ1v) is 8.29. The molecule has 3 unspecified atom stereocenters. The van der Waals surface area contributed by atoms with Gasteiger partial charge in [0.25, 0.3) is 0 Å². The summed E-state index contributed by atoms with van der Waals surface area (Å²) in [6.45, 7) is 0. The van der Waals surface area contributed by atoms with Crippen molar-refractivity contribution in [2.75, 3.05) is 6.26 Å². The molecule has 2 rings (SSSR count). The van der Waals surface area contributed by atoms with Crippen LogP contribution < -0.4 is 0 Å². The fourth-order valence-corrected chi connectivity index (χ4v) is 4.08. The molecule has 94 valence electrons. The second-order valence-electron chi connectivity index (χ2n) is 5.62. The van der Waals surface area contributed by atoms with E-state index in [9.17, 15) is 13.5 Å². The van der Waals surface area contributed by atoms with E-state index in [1.807, 2.05) is 0 Å². The molecule has 0 radical (unpaired) electrons. The molecule has 16 heavy (non-hydrogen) atoms. The highest BCUT2D eigenvalue weighted by molar-refractivity contribution is 7.91. The van der Waals surface area contributed by atoms with Crippen molar-refractivity contribution in [3.05, 3.63) is 0 Å². The lowest BCUT2D eigenvalue weighted by Gasteiger charge is -2.29. The third-order valence-electron chi connectivity index (χ3n) is 4.08. The first kappa shape index (κ1) is 12.4. The van der Waals surface area contributed by atoms with E-state index in [1.165, 1.54) is 6.26 Å². The summed E-state index contributed by atoms with van der Waals surface area (Å²) in [6, 6.07) is 0. The van der Waals surface area contributed by atoms with Gasteiger partial charge in [0.15, 0.2) is 0 Å². The van der Waals surface area contributed by atoms with E-state index in [4.69, 9.17) is 0 Å². The lowest BCUT2D eigenvalue weighted by Crippen LogP contribution is -2.29. The van der Waals surface area contributed by atoms with Gasteiger partial charge in [-0.25, -0.2) is 8.42 Å². The summed E-state index contributed by atoms with van der Waals surface area (Å²) in [5, 5.41) is 9.73. The van der Waals surface area contributed by atoms with Crippen LogP contribution in [0.4, 0.5) is 0 Å². The number of sulfone groups is 1. The first-order valence-electron chi connectivity index (χ1n) is 6.33. The van der Waals surface area contributed by atoms with Crippen LogP contribution in [0.25, 0.3) is 0 Å². The van der Waals surface area contributed by atoms with Gasteiger partial charge in [0.1, 0.15) is 9.84 Å². The second-order valence-corrected chi connectivity index (χ2v) is 7.95. The van der Waals surface area contributed by atoms with Crippen LogP contribution in [0.1, 0.15) is 44.9 Å². The van der Waals surface area contributed by atoms with Gasteiger partial charge in [0.05, 0.1) is 11.4 Å². The Bertz CT molecular complexity index is 332. The quantitative estimate of drug-likeness (QED) is 0.822. The number of aliphatic hydroxyl groups is 1. The van der Waals surface area contributed by atoms with Crippen LogP contribution in [0.2, 0.25) is 0 Å². The van der Waals surface area contributed by atoms with Gasteiger partial charge < -0.3 is 5.11 Å². The van der Waals surface area contributed by atoms with Crippen LogP contribution in [-0.4, -0.2) is 31.1 Å². The van der Waals surface area contributed by atoms with Crippen LogP contribution in [0.5, 0.6) is 0 Å². The summed E-state index contributed by atoms with van der Waals surface area (Å²) in [5.74, 6) is 0.933. The molecule has 0 aromatic rings. The number of aliphatic hydroxyl groups excluding tert-OH is 1. The monoisotopic (exact) mass is 246 g/mol. The molecule has 0 spiro atoms. The summed E-state index contributed by atoms with van der Waals surface area (Å²) in [7, 11) is -2.88. The summed E-state index contributed by atoms with van der Waals surface area (Å²) in [4.78, 5) is 0. The maximum Gasteiger partial charge on any atom is 0.150 e. The molecule has 1 N–H and O–H groups in total. The molecule has 4 heteroatoms. The molecule has 0 aliphatic heterocycles. The molecule has 2 saturated carbocycles. The topological polar surface area (TPSA) is 54.4 Å². The predicted octanol–water partition coefficient (Wildman–Crippen LogP) is 1.75. The minimum atomic E-state index is -2.88. The van der Waals surface area contributed by atoms with Crippen LogP contribution in [0.3, 0.4) is 0 Å². The zero-order valence-corrected chi connectivity index (χ0v) is 10.7. The first-order chi connectivity index (χ1) is 7.47. The molecule has 3 atom stereocenters. The van der Waals surface area contributed by atoms with Gasteiger partial charge >= 0.3 is 0 Å². The molecule has 2 fully saturated rings. The average molecular weight is 246 g/mol.